The zero-order valence-electron chi connectivity index (χ0n) is 11.2. The van der Waals surface area contributed by atoms with Gasteiger partial charge in [-0.15, -0.1) is 0 Å². The van der Waals surface area contributed by atoms with Crippen molar-refractivity contribution in [3.8, 4) is 0 Å². The Morgan fingerprint density at radius 3 is 2.71 bits per heavy atom. The molecule has 17 heavy (non-hydrogen) atoms. The molecule has 0 spiro atoms. The molecular formula is C13H23NO3. The van der Waals surface area contributed by atoms with Gasteiger partial charge >= 0.3 is 5.97 Å². The summed E-state index contributed by atoms with van der Waals surface area (Å²) < 4.78 is 11.1. The van der Waals surface area contributed by atoms with Gasteiger partial charge in [-0.05, 0) is 40.5 Å². The van der Waals surface area contributed by atoms with E-state index < -0.39 is 5.60 Å². The predicted molar refractivity (Wildman–Crippen MR) is 64.7 cm³/mol. The van der Waals surface area contributed by atoms with E-state index in [1.54, 1.807) is 0 Å². The van der Waals surface area contributed by atoms with Gasteiger partial charge in [0, 0.05) is 18.5 Å². The minimum Gasteiger partial charge on any atom is -0.458 e. The van der Waals surface area contributed by atoms with Crippen LogP contribution in [-0.2, 0) is 14.3 Å². The van der Waals surface area contributed by atoms with Gasteiger partial charge in [-0.3, -0.25) is 0 Å². The first-order valence-electron chi connectivity index (χ1n) is 6.49. The fraction of sp³-hybridized carbons (Fsp3) is 0.923. The third-order valence-corrected chi connectivity index (χ3v) is 3.31. The Kier molecular flexibility index (Phi) is 3.46. The average Bonchev–Trinajstić information content (AvgIpc) is 2.57. The van der Waals surface area contributed by atoms with Gasteiger partial charge in [0.2, 0.25) is 0 Å². The molecular weight excluding hydrogens is 218 g/mol. The first-order valence-corrected chi connectivity index (χ1v) is 6.49. The van der Waals surface area contributed by atoms with Crippen molar-refractivity contribution in [2.75, 3.05) is 0 Å². The molecule has 2 fully saturated rings. The molecule has 4 nitrogen and oxygen atoms in total. The largest absolute Gasteiger partial charge is 0.458 e. The lowest BCUT2D eigenvalue weighted by Gasteiger charge is -2.29. The lowest BCUT2D eigenvalue weighted by atomic mass is 9.96. The van der Waals surface area contributed by atoms with E-state index in [0.29, 0.717) is 12.1 Å². The molecule has 2 rings (SSSR count). The summed E-state index contributed by atoms with van der Waals surface area (Å²) in [5, 5.41) is 3.49. The third kappa shape index (κ3) is 3.19. The van der Waals surface area contributed by atoms with Crippen molar-refractivity contribution in [2.45, 2.75) is 76.9 Å². The maximum atomic E-state index is 11.9. The first-order chi connectivity index (χ1) is 7.85. The molecule has 0 aromatic rings. The van der Waals surface area contributed by atoms with E-state index in [2.05, 4.69) is 12.2 Å². The molecule has 2 aliphatic rings. The van der Waals surface area contributed by atoms with E-state index in [0.717, 1.165) is 19.3 Å². The maximum Gasteiger partial charge on any atom is 0.335 e. The number of fused-ring (bicyclic) bond motifs is 1. The molecule has 0 bridgehead atoms. The molecule has 0 aromatic heterocycles. The summed E-state index contributed by atoms with van der Waals surface area (Å²) in [4.78, 5) is 11.9. The van der Waals surface area contributed by atoms with Crippen LogP contribution in [0.3, 0.4) is 0 Å². The Morgan fingerprint density at radius 2 is 2.06 bits per heavy atom. The van der Waals surface area contributed by atoms with Crippen LogP contribution in [0.25, 0.3) is 0 Å². The highest BCUT2D eigenvalue weighted by molar-refractivity contribution is 5.75. The van der Waals surface area contributed by atoms with E-state index in [9.17, 15) is 4.79 Å². The second-order valence-electron chi connectivity index (χ2n) is 6.18. The van der Waals surface area contributed by atoms with Crippen molar-refractivity contribution >= 4 is 5.97 Å². The number of ether oxygens (including phenoxy) is 2. The van der Waals surface area contributed by atoms with E-state index in [4.69, 9.17) is 9.47 Å². The van der Waals surface area contributed by atoms with E-state index >= 15 is 0 Å². The minimum atomic E-state index is -0.436. The van der Waals surface area contributed by atoms with Gasteiger partial charge in [0.15, 0.2) is 6.10 Å². The smallest absolute Gasteiger partial charge is 0.335 e. The van der Waals surface area contributed by atoms with Crippen LogP contribution < -0.4 is 5.32 Å². The zero-order chi connectivity index (χ0) is 12.6. The van der Waals surface area contributed by atoms with Crippen molar-refractivity contribution in [2.24, 2.45) is 0 Å². The SMILES string of the molecule is CC1CCC2OC(C(=O)OC(C)(C)C)CC2N1. The molecule has 98 valence electrons. The van der Waals surface area contributed by atoms with Gasteiger partial charge in [0.1, 0.15) is 5.60 Å². The van der Waals surface area contributed by atoms with Crippen LogP contribution in [0.15, 0.2) is 0 Å². The molecule has 1 N–H and O–H groups in total. The Hall–Kier alpha value is -0.610. The highest BCUT2D eigenvalue weighted by Crippen LogP contribution is 2.29. The average molecular weight is 241 g/mol. The molecule has 4 unspecified atom stereocenters. The van der Waals surface area contributed by atoms with Gasteiger partial charge in [0.05, 0.1) is 6.10 Å². The van der Waals surface area contributed by atoms with Crippen molar-refractivity contribution in [3.63, 3.8) is 0 Å². The molecule has 2 aliphatic heterocycles. The lowest BCUT2D eigenvalue weighted by Crippen LogP contribution is -2.46. The maximum absolute atomic E-state index is 11.9. The topological polar surface area (TPSA) is 47.6 Å². The number of piperidine rings is 1. The third-order valence-electron chi connectivity index (χ3n) is 3.31. The van der Waals surface area contributed by atoms with Crippen molar-refractivity contribution in [1.29, 1.82) is 0 Å². The molecule has 2 saturated heterocycles. The molecule has 0 radical (unpaired) electrons. The Morgan fingerprint density at radius 1 is 1.35 bits per heavy atom. The van der Waals surface area contributed by atoms with Crippen LogP contribution in [-0.4, -0.2) is 35.9 Å². The minimum absolute atomic E-state index is 0.184. The Balaban J connectivity index is 1.91. The van der Waals surface area contributed by atoms with Crippen LogP contribution in [0.1, 0.15) is 47.0 Å². The number of hydrogen-bond donors (Lipinski definition) is 1. The van der Waals surface area contributed by atoms with Crippen LogP contribution in [0, 0.1) is 0 Å². The predicted octanol–water partition coefficient (Wildman–Crippen LogP) is 1.63. The van der Waals surface area contributed by atoms with Crippen LogP contribution >= 0.6 is 0 Å². The molecule has 0 saturated carbocycles. The molecule has 0 aromatic carbocycles. The number of rotatable bonds is 1. The van der Waals surface area contributed by atoms with Crippen LogP contribution in [0.4, 0.5) is 0 Å². The summed E-state index contributed by atoms with van der Waals surface area (Å²) >= 11 is 0. The highest BCUT2D eigenvalue weighted by atomic mass is 16.6. The normalized spacial score (nSPS) is 37.6. The summed E-state index contributed by atoms with van der Waals surface area (Å²) in [6.45, 7) is 7.82. The van der Waals surface area contributed by atoms with Gasteiger partial charge in [-0.2, -0.15) is 0 Å². The summed E-state index contributed by atoms with van der Waals surface area (Å²) in [7, 11) is 0. The summed E-state index contributed by atoms with van der Waals surface area (Å²) in [6.07, 6.45) is 2.69. The van der Waals surface area contributed by atoms with Gasteiger partial charge < -0.3 is 14.8 Å². The molecule has 0 aliphatic carbocycles. The quantitative estimate of drug-likeness (QED) is 0.709. The van der Waals surface area contributed by atoms with Gasteiger partial charge in [0.25, 0.3) is 0 Å². The molecule has 4 heteroatoms. The molecule has 2 heterocycles. The van der Waals surface area contributed by atoms with E-state index in [1.807, 2.05) is 20.8 Å². The van der Waals surface area contributed by atoms with Crippen LogP contribution in [0.5, 0.6) is 0 Å². The Bertz CT molecular complexity index is 298. The summed E-state index contributed by atoms with van der Waals surface area (Å²) in [5.74, 6) is -0.221. The zero-order valence-corrected chi connectivity index (χ0v) is 11.2. The van der Waals surface area contributed by atoms with Crippen LogP contribution in [0.2, 0.25) is 0 Å². The number of hydrogen-bond acceptors (Lipinski definition) is 4. The van der Waals surface area contributed by atoms with Gasteiger partial charge in [-0.25, -0.2) is 4.79 Å². The van der Waals surface area contributed by atoms with Crippen molar-refractivity contribution in [1.82, 2.24) is 5.32 Å². The summed E-state index contributed by atoms with van der Waals surface area (Å²) in [6, 6.07) is 0.841. The Labute approximate surface area is 103 Å². The molecule has 0 amide bonds. The fourth-order valence-corrected chi connectivity index (χ4v) is 2.57. The monoisotopic (exact) mass is 241 g/mol. The van der Waals surface area contributed by atoms with E-state index in [1.165, 1.54) is 0 Å². The first kappa shape index (κ1) is 12.8. The van der Waals surface area contributed by atoms with Crippen molar-refractivity contribution < 1.29 is 14.3 Å². The van der Waals surface area contributed by atoms with Gasteiger partial charge in [-0.1, -0.05) is 0 Å². The summed E-state index contributed by atoms with van der Waals surface area (Å²) in [5.41, 5.74) is -0.436. The number of carbonyl (C=O) groups excluding carboxylic acids is 1. The lowest BCUT2D eigenvalue weighted by molar-refractivity contribution is -0.167. The highest BCUT2D eigenvalue weighted by Gasteiger charge is 2.42. The number of carbonyl (C=O) groups is 1. The second kappa shape index (κ2) is 4.58. The number of nitrogens with one attached hydrogen (secondary N) is 1. The fourth-order valence-electron chi connectivity index (χ4n) is 2.57. The molecule has 4 atom stereocenters. The van der Waals surface area contributed by atoms with E-state index in [-0.39, 0.29) is 18.2 Å². The standard InChI is InChI=1S/C13H23NO3/c1-8-5-6-10-9(14-8)7-11(16-10)12(15)17-13(2,3)4/h8-11,14H,5-7H2,1-4H3. The second-order valence-corrected chi connectivity index (χ2v) is 6.18. The number of esters is 1. The van der Waals surface area contributed by atoms with Crippen molar-refractivity contribution in [3.05, 3.63) is 0 Å².